The van der Waals surface area contributed by atoms with E-state index in [2.05, 4.69) is 0 Å². The van der Waals surface area contributed by atoms with Gasteiger partial charge >= 0.3 is 12.1 Å². The first-order valence-electron chi connectivity index (χ1n) is 6.44. The number of carbonyl (C=O) groups is 2. The number of alkyl halides is 1. The Balaban J connectivity index is 2.58. The number of hydrogen-bond acceptors (Lipinski definition) is 4. The maximum atomic E-state index is 13.0. The Morgan fingerprint density at radius 2 is 2.00 bits per heavy atom. The topological polar surface area (TPSA) is 55.8 Å². The Kier molecular flexibility index (Phi) is 5.14. The molecule has 5 nitrogen and oxygen atoms in total. The Bertz CT molecular complexity index is 340. The van der Waals surface area contributed by atoms with Gasteiger partial charge in [-0.05, 0) is 20.8 Å². The van der Waals surface area contributed by atoms with E-state index in [-0.39, 0.29) is 6.54 Å². The molecule has 1 heterocycles. The SMILES string of the molecule is CC(=O)OC1CCN(C(=O)OC(C)(C)C)CC1CF. The summed E-state index contributed by atoms with van der Waals surface area (Å²) in [7, 11) is 0. The summed E-state index contributed by atoms with van der Waals surface area (Å²) in [6, 6.07) is 0. The van der Waals surface area contributed by atoms with Crippen molar-refractivity contribution in [2.24, 2.45) is 5.92 Å². The third-order valence-electron chi connectivity index (χ3n) is 2.83. The smallest absolute Gasteiger partial charge is 0.410 e. The quantitative estimate of drug-likeness (QED) is 0.725. The highest BCUT2D eigenvalue weighted by atomic mass is 19.1. The fourth-order valence-electron chi connectivity index (χ4n) is 2.02. The molecule has 1 aliphatic rings. The van der Waals surface area contributed by atoms with Gasteiger partial charge in [0.15, 0.2) is 0 Å². The van der Waals surface area contributed by atoms with E-state index in [4.69, 9.17) is 9.47 Å². The van der Waals surface area contributed by atoms with Crippen LogP contribution >= 0.6 is 0 Å². The number of ether oxygens (including phenoxy) is 2. The van der Waals surface area contributed by atoms with Crippen LogP contribution in [0.25, 0.3) is 0 Å². The van der Waals surface area contributed by atoms with Gasteiger partial charge in [0.05, 0.1) is 6.67 Å². The molecule has 2 unspecified atom stereocenters. The summed E-state index contributed by atoms with van der Waals surface area (Å²) in [5, 5.41) is 0. The zero-order valence-corrected chi connectivity index (χ0v) is 11.9. The minimum Gasteiger partial charge on any atom is -0.462 e. The van der Waals surface area contributed by atoms with Gasteiger partial charge in [0.2, 0.25) is 0 Å². The molecule has 0 saturated carbocycles. The second kappa shape index (κ2) is 6.21. The average molecular weight is 275 g/mol. The predicted molar refractivity (Wildman–Crippen MR) is 67.4 cm³/mol. The van der Waals surface area contributed by atoms with Crippen molar-refractivity contribution in [2.75, 3.05) is 19.8 Å². The van der Waals surface area contributed by atoms with Crippen LogP contribution in [0.2, 0.25) is 0 Å². The van der Waals surface area contributed by atoms with E-state index in [1.165, 1.54) is 11.8 Å². The summed E-state index contributed by atoms with van der Waals surface area (Å²) in [5.74, 6) is -0.903. The average Bonchev–Trinajstić information content (AvgIpc) is 2.26. The lowest BCUT2D eigenvalue weighted by Gasteiger charge is -2.37. The summed E-state index contributed by atoms with van der Waals surface area (Å²) in [6.45, 7) is 6.63. The molecule has 0 radical (unpaired) electrons. The Hall–Kier alpha value is -1.33. The molecule has 1 rings (SSSR count). The Labute approximate surface area is 113 Å². The molecule has 0 aromatic heterocycles. The number of piperidine rings is 1. The van der Waals surface area contributed by atoms with Crippen LogP contribution in [-0.2, 0) is 14.3 Å². The van der Waals surface area contributed by atoms with Gasteiger partial charge in [-0.15, -0.1) is 0 Å². The van der Waals surface area contributed by atoms with Gasteiger partial charge in [0, 0.05) is 32.4 Å². The van der Waals surface area contributed by atoms with Crippen LogP contribution in [0.3, 0.4) is 0 Å². The maximum absolute atomic E-state index is 13.0. The summed E-state index contributed by atoms with van der Waals surface area (Å²) in [4.78, 5) is 24.3. The van der Waals surface area contributed by atoms with Crippen molar-refractivity contribution in [3.8, 4) is 0 Å². The maximum Gasteiger partial charge on any atom is 0.410 e. The van der Waals surface area contributed by atoms with Crippen LogP contribution in [0.1, 0.15) is 34.1 Å². The molecule has 1 saturated heterocycles. The van der Waals surface area contributed by atoms with Crippen molar-refractivity contribution in [3.05, 3.63) is 0 Å². The molecule has 0 aromatic rings. The second-order valence-corrected chi connectivity index (χ2v) is 5.78. The molecule has 19 heavy (non-hydrogen) atoms. The fraction of sp³-hybridized carbons (Fsp3) is 0.846. The number of amides is 1. The van der Waals surface area contributed by atoms with Crippen molar-refractivity contribution in [2.45, 2.75) is 45.8 Å². The Morgan fingerprint density at radius 1 is 1.37 bits per heavy atom. The molecule has 1 fully saturated rings. The number of halogens is 1. The zero-order chi connectivity index (χ0) is 14.6. The lowest BCUT2D eigenvalue weighted by atomic mass is 9.96. The molecule has 1 amide bonds. The summed E-state index contributed by atoms with van der Waals surface area (Å²) in [5.41, 5.74) is -0.574. The highest BCUT2D eigenvalue weighted by molar-refractivity contribution is 5.68. The third-order valence-corrected chi connectivity index (χ3v) is 2.83. The van der Waals surface area contributed by atoms with Crippen LogP contribution < -0.4 is 0 Å². The Morgan fingerprint density at radius 3 is 2.47 bits per heavy atom. The normalized spacial score (nSPS) is 23.9. The van der Waals surface area contributed by atoms with Gasteiger partial charge in [0.1, 0.15) is 11.7 Å². The number of rotatable bonds is 2. The van der Waals surface area contributed by atoms with E-state index >= 15 is 0 Å². The first-order valence-corrected chi connectivity index (χ1v) is 6.44. The van der Waals surface area contributed by atoms with Crippen molar-refractivity contribution in [1.82, 2.24) is 4.90 Å². The minimum atomic E-state index is -0.628. The van der Waals surface area contributed by atoms with Gasteiger partial charge in [-0.1, -0.05) is 0 Å². The molecule has 0 aliphatic carbocycles. The van der Waals surface area contributed by atoms with E-state index in [9.17, 15) is 14.0 Å². The lowest BCUT2D eigenvalue weighted by molar-refractivity contribution is -0.152. The monoisotopic (exact) mass is 275 g/mol. The van der Waals surface area contributed by atoms with Crippen LogP contribution in [0.5, 0.6) is 0 Å². The number of nitrogens with zero attached hydrogens (tertiary/aromatic N) is 1. The second-order valence-electron chi connectivity index (χ2n) is 5.78. The van der Waals surface area contributed by atoms with E-state index < -0.39 is 36.4 Å². The predicted octanol–water partition coefficient (Wildman–Crippen LogP) is 2.14. The number of hydrogen-bond donors (Lipinski definition) is 0. The molecule has 110 valence electrons. The number of carbonyl (C=O) groups excluding carboxylic acids is 2. The fourth-order valence-corrected chi connectivity index (χ4v) is 2.02. The standard InChI is InChI=1S/C13H22FNO4/c1-9(16)18-11-5-6-15(8-10(11)7-14)12(17)19-13(2,3)4/h10-11H,5-8H2,1-4H3. The molecular formula is C13H22FNO4. The molecule has 6 heteroatoms. The largest absolute Gasteiger partial charge is 0.462 e. The summed E-state index contributed by atoms with van der Waals surface area (Å²) in [6.07, 6.45) is -0.471. The van der Waals surface area contributed by atoms with Crippen LogP contribution in [0.4, 0.5) is 9.18 Å². The highest BCUT2D eigenvalue weighted by Gasteiger charge is 2.35. The third kappa shape index (κ3) is 5.04. The van der Waals surface area contributed by atoms with Crippen molar-refractivity contribution < 1.29 is 23.5 Å². The first kappa shape index (κ1) is 15.7. The first-order chi connectivity index (χ1) is 8.73. The number of esters is 1. The molecule has 0 N–H and O–H groups in total. The van der Waals surface area contributed by atoms with Crippen molar-refractivity contribution in [1.29, 1.82) is 0 Å². The lowest BCUT2D eigenvalue weighted by Crippen LogP contribution is -2.49. The van der Waals surface area contributed by atoms with Crippen LogP contribution in [0, 0.1) is 5.92 Å². The number of likely N-dealkylation sites (tertiary alicyclic amines) is 1. The summed E-state index contributed by atoms with van der Waals surface area (Å²) >= 11 is 0. The van der Waals surface area contributed by atoms with Crippen molar-refractivity contribution >= 4 is 12.1 Å². The van der Waals surface area contributed by atoms with Gasteiger partial charge in [-0.25, -0.2) is 4.79 Å². The van der Waals surface area contributed by atoms with Crippen LogP contribution in [0.15, 0.2) is 0 Å². The van der Waals surface area contributed by atoms with Gasteiger partial charge in [0.25, 0.3) is 0 Å². The van der Waals surface area contributed by atoms with E-state index in [1.807, 2.05) is 0 Å². The molecule has 0 bridgehead atoms. The molecule has 0 aromatic carbocycles. The van der Waals surface area contributed by atoms with Crippen molar-refractivity contribution in [3.63, 3.8) is 0 Å². The highest BCUT2D eigenvalue weighted by Crippen LogP contribution is 2.22. The van der Waals surface area contributed by atoms with E-state index in [0.717, 1.165) is 0 Å². The van der Waals surface area contributed by atoms with E-state index in [1.54, 1.807) is 20.8 Å². The molecule has 0 spiro atoms. The zero-order valence-electron chi connectivity index (χ0n) is 11.9. The van der Waals surface area contributed by atoms with Gasteiger partial charge in [-0.3, -0.25) is 9.18 Å². The van der Waals surface area contributed by atoms with Crippen LogP contribution in [-0.4, -0.2) is 48.4 Å². The molecular weight excluding hydrogens is 253 g/mol. The minimum absolute atomic E-state index is 0.212. The summed E-state index contributed by atoms with van der Waals surface area (Å²) < 4.78 is 23.3. The molecule has 2 atom stereocenters. The molecule has 1 aliphatic heterocycles. The van der Waals surface area contributed by atoms with E-state index in [0.29, 0.717) is 13.0 Å². The van der Waals surface area contributed by atoms with Gasteiger partial charge in [-0.2, -0.15) is 0 Å². The van der Waals surface area contributed by atoms with Gasteiger partial charge < -0.3 is 14.4 Å².